The van der Waals surface area contributed by atoms with E-state index in [0.29, 0.717) is 50.3 Å². The maximum atomic E-state index is 13.6. The van der Waals surface area contributed by atoms with Crippen LogP contribution in [0.2, 0.25) is 0 Å². The molecule has 190 valence electrons. The lowest BCUT2D eigenvalue weighted by Crippen LogP contribution is -2.39. The van der Waals surface area contributed by atoms with Crippen molar-refractivity contribution < 1.29 is 19.0 Å². The summed E-state index contributed by atoms with van der Waals surface area (Å²) in [6.07, 6.45) is 0.104. The standard InChI is InChI=1S/C28H38FN3O3/c1-6-27-26(17-31(21(4)5)16-24(33)19-34-18-20(2)3)28(35-25-10-8-7-9-11-25)32(30-27)23-14-12-22(29)13-15-23/h7-15,20-21,24,33H,6,16-19H2,1-5H3. The number of hydrogen-bond acceptors (Lipinski definition) is 5. The summed E-state index contributed by atoms with van der Waals surface area (Å²) in [5, 5.41) is 15.5. The second-order valence-corrected chi connectivity index (χ2v) is 9.50. The highest BCUT2D eigenvalue weighted by atomic mass is 19.1. The van der Waals surface area contributed by atoms with Crippen molar-refractivity contribution >= 4 is 0 Å². The zero-order valence-corrected chi connectivity index (χ0v) is 21.4. The lowest BCUT2D eigenvalue weighted by molar-refractivity contribution is 0.00160. The molecule has 1 aromatic heterocycles. The Hall–Kier alpha value is -2.74. The molecule has 1 atom stereocenters. The molecule has 0 bridgehead atoms. The minimum atomic E-state index is -0.605. The highest BCUT2D eigenvalue weighted by molar-refractivity contribution is 5.44. The molecule has 6 nitrogen and oxygen atoms in total. The summed E-state index contributed by atoms with van der Waals surface area (Å²) in [5.41, 5.74) is 2.57. The minimum absolute atomic E-state index is 0.179. The van der Waals surface area contributed by atoms with Gasteiger partial charge in [-0.15, -0.1) is 0 Å². The second kappa shape index (κ2) is 12.8. The Morgan fingerprint density at radius 3 is 2.29 bits per heavy atom. The normalized spacial score (nSPS) is 12.6. The van der Waals surface area contributed by atoms with Crippen molar-refractivity contribution in [3.8, 4) is 17.3 Å². The van der Waals surface area contributed by atoms with Gasteiger partial charge in [0.2, 0.25) is 5.88 Å². The molecular formula is C28H38FN3O3. The number of aliphatic hydroxyl groups is 1. The molecule has 0 saturated carbocycles. The monoisotopic (exact) mass is 483 g/mol. The first kappa shape index (κ1) is 26.9. The minimum Gasteiger partial charge on any atom is -0.439 e. The molecule has 0 radical (unpaired) electrons. The molecule has 0 aliphatic heterocycles. The van der Waals surface area contributed by atoms with E-state index in [1.807, 2.05) is 30.3 Å². The number of nitrogens with zero attached hydrogens (tertiary/aromatic N) is 3. The molecule has 0 spiro atoms. The van der Waals surface area contributed by atoms with E-state index in [-0.39, 0.29) is 11.9 Å². The number of hydrogen-bond donors (Lipinski definition) is 1. The molecule has 1 heterocycles. The van der Waals surface area contributed by atoms with Gasteiger partial charge in [-0.2, -0.15) is 5.10 Å². The summed E-state index contributed by atoms with van der Waals surface area (Å²) in [5.74, 6) is 1.40. The molecule has 0 saturated heterocycles. The maximum absolute atomic E-state index is 13.6. The number of rotatable bonds is 13. The van der Waals surface area contributed by atoms with Crippen molar-refractivity contribution in [1.29, 1.82) is 0 Å². The lowest BCUT2D eigenvalue weighted by Gasteiger charge is -2.29. The van der Waals surface area contributed by atoms with Gasteiger partial charge in [-0.25, -0.2) is 9.07 Å². The zero-order chi connectivity index (χ0) is 25.4. The van der Waals surface area contributed by atoms with E-state index in [1.165, 1.54) is 12.1 Å². The van der Waals surface area contributed by atoms with E-state index < -0.39 is 6.10 Å². The van der Waals surface area contributed by atoms with E-state index in [1.54, 1.807) is 16.8 Å². The number of halogens is 1. The fraction of sp³-hybridized carbons (Fsp3) is 0.464. The van der Waals surface area contributed by atoms with Crippen molar-refractivity contribution in [2.75, 3.05) is 19.8 Å². The highest BCUT2D eigenvalue weighted by Gasteiger charge is 2.25. The Morgan fingerprint density at radius 2 is 1.69 bits per heavy atom. The summed E-state index contributed by atoms with van der Waals surface area (Å²) >= 11 is 0. The quantitative estimate of drug-likeness (QED) is 0.342. The summed E-state index contributed by atoms with van der Waals surface area (Å²) in [6.45, 7) is 12.4. The molecule has 35 heavy (non-hydrogen) atoms. The van der Waals surface area contributed by atoms with Crippen molar-refractivity contribution in [1.82, 2.24) is 14.7 Å². The molecule has 0 fully saturated rings. The van der Waals surface area contributed by atoms with Crippen LogP contribution in [0.25, 0.3) is 5.69 Å². The van der Waals surface area contributed by atoms with Crippen LogP contribution in [0.4, 0.5) is 4.39 Å². The molecule has 0 amide bonds. The van der Waals surface area contributed by atoms with Crippen LogP contribution in [0.3, 0.4) is 0 Å². The average molecular weight is 484 g/mol. The number of benzene rings is 2. The molecule has 3 aromatic rings. The number of aromatic nitrogens is 2. The van der Waals surface area contributed by atoms with Crippen LogP contribution < -0.4 is 4.74 Å². The molecule has 1 N–H and O–H groups in total. The zero-order valence-electron chi connectivity index (χ0n) is 21.4. The molecule has 2 aromatic carbocycles. The molecule has 0 aliphatic carbocycles. The van der Waals surface area contributed by atoms with E-state index >= 15 is 0 Å². The van der Waals surface area contributed by atoms with Crippen molar-refractivity contribution in [3.05, 3.63) is 71.7 Å². The molecular weight excluding hydrogens is 445 g/mol. The number of aliphatic hydroxyl groups excluding tert-OH is 1. The summed E-state index contributed by atoms with van der Waals surface area (Å²) in [6, 6.07) is 16.0. The predicted octanol–water partition coefficient (Wildman–Crippen LogP) is 5.61. The van der Waals surface area contributed by atoms with Gasteiger partial charge in [0.1, 0.15) is 11.6 Å². The van der Waals surface area contributed by atoms with Crippen LogP contribution in [0.15, 0.2) is 54.6 Å². The molecule has 7 heteroatoms. The van der Waals surface area contributed by atoms with E-state index in [4.69, 9.17) is 14.6 Å². The predicted molar refractivity (Wildman–Crippen MR) is 137 cm³/mol. The van der Waals surface area contributed by atoms with Gasteiger partial charge in [0.25, 0.3) is 0 Å². The highest BCUT2D eigenvalue weighted by Crippen LogP contribution is 2.32. The van der Waals surface area contributed by atoms with Crippen molar-refractivity contribution in [3.63, 3.8) is 0 Å². The SMILES string of the molecule is CCc1nn(-c2ccc(F)cc2)c(Oc2ccccc2)c1CN(CC(O)COCC(C)C)C(C)C. The Kier molecular flexibility index (Phi) is 9.83. The van der Waals surface area contributed by atoms with E-state index in [2.05, 4.69) is 39.5 Å². The van der Waals surface area contributed by atoms with Gasteiger partial charge < -0.3 is 14.6 Å². The third-order valence-corrected chi connectivity index (χ3v) is 5.68. The average Bonchev–Trinajstić information content (AvgIpc) is 3.16. The van der Waals surface area contributed by atoms with E-state index in [0.717, 1.165) is 16.9 Å². The van der Waals surface area contributed by atoms with Gasteiger partial charge in [0.05, 0.1) is 29.7 Å². The largest absolute Gasteiger partial charge is 0.439 e. The Balaban J connectivity index is 1.94. The number of aryl methyl sites for hydroxylation is 1. The summed E-state index contributed by atoms with van der Waals surface area (Å²) in [7, 11) is 0. The van der Waals surface area contributed by atoms with Crippen molar-refractivity contribution in [2.24, 2.45) is 5.92 Å². The van der Waals surface area contributed by atoms with Gasteiger partial charge in [-0.1, -0.05) is 39.0 Å². The first-order valence-corrected chi connectivity index (χ1v) is 12.4. The Morgan fingerprint density at radius 1 is 1.00 bits per heavy atom. The topological polar surface area (TPSA) is 59.8 Å². The van der Waals surface area contributed by atoms with Crippen LogP contribution in [0, 0.1) is 11.7 Å². The van der Waals surface area contributed by atoms with Gasteiger partial charge in [-0.3, -0.25) is 4.90 Å². The van der Waals surface area contributed by atoms with Crippen LogP contribution in [0.1, 0.15) is 45.9 Å². The van der Waals surface area contributed by atoms with Crippen LogP contribution >= 0.6 is 0 Å². The summed E-state index contributed by atoms with van der Waals surface area (Å²) in [4.78, 5) is 2.20. The van der Waals surface area contributed by atoms with Crippen LogP contribution in [-0.2, 0) is 17.7 Å². The smallest absolute Gasteiger partial charge is 0.227 e. The molecule has 3 rings (SSSR count). The third-order valence-electron chi connectivity index (χ3n) is 5.68. The Labute approximate surface area is 208 Å². The van der Waals surface area contributed by atoms with E-state index in [9.17, 15) is 9.50 Å². The van der Waals surface area contributed by atoms with Crippen LogP contribution in [-0.4, -0.2) is 51.7 Å². The van der Waals surface area contributed by atoms with Gasteiger partial charge >= 0.3 is 0 Å². The number of ether oxygens (including phenoxy) is 2. The first-order valence-electron chi connectivity index (χ1n) is 12.4. The second-order valence-electron chi connectivity index (χ2n) is 9.50. The van der Waals surface area contributed by atoms with Gasteiger partial charge in [-0.05, 0) is 62.6 Å². The lowest BCUT2D eigenvalue weighted by atomic mass is 10.1. The third kappa shape index (κ3) is 7.62. The van der Waals surface area contributed by atoms with Crippen molar-refractivity contribution in [2.45, 2.75) is 59.7 Å². The fourth-order valence-electron chi connectivity index (χ4n) is 3.81. The fourth-order valence-corrected chi connectivity index (χ4v) is 3.81. The summed E-state index contributed by atoms with van der Waals surface area (Å²) < 4.78 is 27.4. The van der Waals surface area contributed by atoms with Gasteiger partial charge in [0.15, 0.2) is 0 Å². The maximum Gasteiger partial charge on any atom is 0.227 e. The molecule has 1 unspecified atom stereocenters. The first-order chi connectivity index (χ1) is 16.8. The van der Waals surface area contributed by atoms with Crippen LogP contribution in [0.5, 0.6) is 11.6 Å². The Bertz CT molecular complexity index is 1040. The van der Waals surface area contributed by atoms with Gasteiger partial charge in [0, 0.05) is 25.7 Å². The molecule has 0 aliphatic rings. The number of para-hydroxylation sites is 1.